The van der Waals surface area contributed by atoms with E-state index in [0.29, 0.717) is 10.0 Å². The maximum Gasteiger partial charge on any atom is 0.322 e. The molecule has 0 aliphatic heterocycles. The highest BCUT2D eigenvalue weighted by Gasteiger charge is 2.06. The zero-order chi connectivity index (χ0) is 13.5. The van der Waals surface area contributed by atoms with Crippen LogP contribution in [0.3, 0.4) is 0 Å². The number of carbonyl (C=O) groups is 1. The van der Waals surface area contributed by atoms with Crippen molar-refractivity contribution in [1.29, 1.82) is 0 Å². The van der Waals surface area contributed by atoms with Crippen LogP contribution in [-0.2, 0) is 0 Å². The predicted octanol–water partition coefficient (Wildman–Crippen LogP) is 1.87. The van der Waals surface area contributed by atoms with Gasteiger partial charge in [-0.05, 0) is 12.1 Å². The number of hydrogen-bond donors (Lipinski definition) is 3. The Hall–Kier alpha value is -1.90. The molecule has 5 nitrogen and oxygen atoms in total. The molecule has 0 spiro atoms. The van der Waals surface area contributed by atoms with E-state index in [4.69, 9.17) is 35.4 Å². The fourth-order valence-corrected chi connectivity index (χ4v) is 1.52. The van der Waals surface area contributed by atoms with Gasteiger partial charge in [0.15, 0.2) is 0 Å². The summed E-state index contributed by atoms with van der Waals surface area (Å²) in [5.74, 6) is 2.11. The number of hydrogen-bond acceptors (Lipinski definition) is 2. The van der Waals surface area contributed by atoms with Gasteiger partial charge in [-0.15, -0.1) is 6.42 Å². The fourth-order valence-electron chi connectivity index (χ4n) is 1.04. The van der Waals surface area contributed by atoms with Crippen LogP contribution >= 0.6 is 23.2 Å². The van der Waals surface area contributed by atoms with E-state index in [1.165, 1.54) is 0 Å². The van der Waals surface area contributed by atoms with Gasteiger partial charge in [0.2, 0.25) is 5.96 Å². The van der Waals surface area contributed by atoms with Gasteiger partial charge >= 0.3 is 6.03 Å². The lowest BCUT2D eigenvalue weighted by atomic mass is 10.3. The number of halogens is 2. The zero-order valence-electron chi connectivity index (χ0n) is 9.21. The Morgan fingerprint density at radius 1 is 1.44 bits per heavy atom. The molecule has 2 amide bonds. The number of benzene rings is 1. The molecule has 1 aromatic rings. The Kier molecular flexibility index (Phi) is 5.31. The molecule has 1 rings (SSSR count). The fraction of sp³-hybridized carbons (Fsp3) is 0.0909. The molecule has 0 atom stereocenters. The van der Waals surface area contributed by atoms with Gasteiger partial charge in [-0.1, -0.05) is 35.2 Å². The van der Waals surface area contributed by atoms with E-state index in [-0.39, 0.29) is 18.2 Å². The first-order valence-electron chi connectivity index (χ1n) is 4.81. The van der Waals surface area contributed by atoms with Crippen molar-refractivity contribution in [3.05, 3.63) is 28.2 Å². The molecule has 4 N–H and O–H groups in total. The molecule has 0 aromatic heterocycles. The van der Waals surface area contributed by atoms with Gasteiger partial charge in [-0.2, -0.15) is 0 Å². The summed E-state index contributed by atoms with van der Waals surface area (Å²) in [5.41, 5.74) is 5.81. The first-order chi connectivity index (χ1) is 8.54. The maximum atomic E-state index is 11.2. The summed E-state index contributed by atoms with van der Waals surface area (Å²) < 4.78 is 0. The quantitative estimate of drug-likeness (QED) is 0.440. The molecule has 0 aliphatic carbocycles. The smallest absolute Gasteiger partial charge is 0.322 e. The summed E-state index contributed by atoms with van der Waals surface area (Å²) in [4.78, 5) is 15.1. The number of carbonyl (C=O) groups excluding carboxylic acids is 1. The average Bonchev–Trinajstić information content (AvgIpc) is 2.31. The molecular weight excluding hydrogens is 275 g/mol. The van der Waals surface area contributed by atoms with Crippen molar-refractivity contribution in [2.45, 2.75) is 0 Å². The number of amides is 2. The zero-order valence-corrected chi connectivity index (χ0v) is 10.7. The highest BCUT2D eigenvalue weighted by atomic mass is 35.5. The van der Waals surface area contributed by atoms with Crippen LogP contribution < -0.4 is 16.4 Å². The Bertz CT molecular complexity index is 502. The van der Waals surface area contributed by atoms with Crippen LogP contribution in [0, 0.1) is 12.3 Å². The standard InChI is InChI=1S/C11H10Cl2N4O/c1-2-6-15-11(18)17-10(14)16-9-7(12)4-3-5-8(9)13/h1,3-5H,6H2,(H4,14,15,16,17,18). The van der Waals surface area contributed by atoms with Crippen molar-refractivity contribution >= 4 is 40.9 Å². The van der Waals surface area contributed by atoms with E-state index < -0.39 is 6.03 Å². The average molecular weight is 285 g/mol. The Balaban J connectivity index is 2.78. The third kappa shape index (κ3) is 4.17. The van der Waals surface area contributed by atoms with Crippen molar-refractivity contribution in [3.63, 3.8) is 0 Å². The minimum Gasteiger partial charge on any atom is -0.369 e. The third-order valence-electron chi connectivity index (χ3n) is 1.76. The third-order valence-corrected chi connectivity index (χ3v) is 2.37. The van der Waals surface area contributed by atoms with Gasteiger partial charge in [0, 0.05) is 0 Å². The van der Waals surface area contributed by atoms with Gasteiger partial charge in [0.05, 0.1) is 16.6 Å². The second kappa shape index (κ2) is 6.74. The summed E-state index contributed by atoms with van der Waals surface area (Å²) in [5, 5.41) is 5.31. The summed E-state index contributed by atoms with van der Waals surface area (Å²) in [7, 11) is 0. The van der Waals surface area contributed by atoms with Crippen LogP contribution in [-0.4, -0.2) is 18.5 Å². The number of aliphatic imine (C=N–C) groups is 1. The Morgan fingerprint density at radius 3 is 2.61 bits per heavy atom. The van der Waals surface area contributed by atoms with Gasteiger partial charge < -0.3 is 11.1 Å². The molecular formula is C11H10Cl2N4O. The Morgan fingerprint density at radius 2 is 2.06 bits per heavy atom. The topological polar surface area (TPSA) is 79.5 Å². The van der Waals surface area contributed by atoms with E-state index in [0.717, 1.165) is 0 Å². The molecule has 0 radical (unpaired) electrons. The highest BCUT2D eigenvalue weighted by Crippen LogP contribution is 2.32. The lowest BCUT2D eigenvalue weighted by Gasteiger charge is -2.06. The second-order valence-electron chi connectivity index (χ2n) is 3.08. The molecule has 18 heavy (non-hydrogen) atoms. The number of rotatable bonds is 2. The van der Waals surface area contributed by atoms with Crippen molar-refractivity contribution in [3.8, 4) is 12.3 Å². The largest absolute Gasteiger partial charge is 0.369 e. The number of para-hydroxylation sites is 1. The minimum atomic E-state index is -0.558. The molecule has 0 aliphatic rings. The van der Waals surface area contributed by atoms with Gasteiger partial charge in [-0.25, -0.2) is 9.79 Å². The Labute approximate surface area is 114 Å². The lowest BCUT2D eigenvalue weighted by Crippen LogP contribution is -2.43. The first-order valence-corrected chi connectivity index (χ1v) is 5.56. The molecule has 0 bridgehead atoms. The van der Waals surface area contributed by atoms with E-state index in [1.807, 2.05) is 0 Å². The predicted molar refractivity (Wildman–Crippen MR) is 73.1 cm³/mol. The summed E-state index contributed by atoms with van der Waals surface area (Å²) in [6.45, 7) is 0.0892. The molecule has 0 unspecified atom stereocenters. The SMILES string of the molecule is C#CCNC(=O)NC(N)=Nc1c(Cl)cccc1Cl. The lowest BCUT2D eigenvalue weighted by molar-refractivity contribution is 0.246. The highest BCUT2D eigenvalue weighted by molar-refractivity contribution is 6.38. The van der Waals surface area contributed by atoms with E-state index in [1.54, 1.807) is 18.2 Å². The molecule has 0 heterocycles. The van der Waals surface area contributed by atoms with Crippen molar-refractivity contribution in [1.82, 2.24) is 10.6 Å². The van der Waals surface area contributed by atoms with Crippen LogP contribution in [0.4, 0.5) is 10.5 Å². The maximum absolute atomic E-state index is 11.2. The van der Waals surface area contributed by atoms with Crippen LogP contribution in [0.2, 0.25) is 10.0 Å². The number of guanidine groups is 1. The normalized spacial score (nSPS) is 10.6. The van der Waals surface area contributed by atoms with Crippen LogP contribution in [0.15, 0.2) is 23.2 Å². The van der Waals surface area contributed by atoms with Gasteiger partial charge in [0.1, 0.15) is 5.69 Å². The first kappa shape index (κ1) is 14.2. The number of nitrogens with zero attached hydrogens (tertiary/aromatic N) is 1. The molecule has 94 valence electrons. The number of nitrogens with one attached hydrogen (secondary N) is 2. The van der Waals surface area contributed by atoms with E-state index >= 15 is 0 Å². The van der Waals surface area contributed by atoms with Crippen molar-refractivity contribution in [2.75, 3.05) is 6.54 Å². The van der Waals surface area contributed by atoms with Crippen LogP contribution in [0.1, 0.15) is 0 Å². The van der Waals surface area contributed by atoms with Crippen molar-refractivity contribution < 1.29 is 4.79 Å². The summed E-state index contributed by atoms with van der Waals surface area (Å²) in [6, 6.07) is 4.33. The van der Waals surface area contributed by atoms with Crippen LogP contribution in [0.5, 0.6) is 0 Å². The molecule has 0 fully saturated rings. The number of urea groups is 1. The molecule has 0 saturated carbocycles. The van der Waals surface area contributed by atoms with E-state index in [9.17, 15) is 4.79 Å². The summed E-state index contributed by atoms with van der Waals surface area (Å²) in [6.07, 6.45) is 4.98. The van der Waals surface area contributed by atoms with Gasteiger partial charge in [-0.3, -0.25) is 5.32 Å². The van der Waals surface area contributed by atoms with Crippen molar-refractivity contribution in [2.24, 2.45) is 10.7 Å². The minimum absolute atomic E-state index is 0.0892. The second-order valence-corrected chi connectivity index (χ2v) is 3.89. The van der Waals surface area contributed by atoms with Crippen LogP contribution in [0.25, 0.3) is 0 Å². The van der Waals surface area contributed by atoms with Gasteiger partial charge in [0.25, 0.3) is 0 Å². The number of terminal acetylenes is 1. The molecule has 0 saturated heterocycles. The monoisotopic (exact) mass is 284 g/mol. The molecule has 1 aromatic carbocycles. The van der Waals surface area contributed by atoms with E-state index in [2.05, 4.69) is 21.5 Å². The number of nitrogens with two attached hydrogens (primary N) is 1. The molecule has 7 heteroatoms. The summed E-state index contributed by atoms with van der Waals surface area (Å²) >= 11 is 11.8.